The van der Waals surface area contributed by atoms with E-state index >= 15 is 0 Å². The number of benzene rings is 1. The third kappa shape index (κ3) is 6.23. The van der Waals surface area contributed by atoms with E-state index in [0.717, 1.165) is 16.8 Å². The van der Waals surface area contributed by atoms with Gasteiger partial charge in [0, 0.05) is 37.2 Å². The maximum absolute atomic E-state index is 12.3. The molecule has 1 aromatic carbocycles. The van der Waals surface area contributed by atoms with Crippen LogP contribution in [0, 0.1) is 0 Å². The molecule has 3 nitrogen and oxygen atoms in total. The smallest absolute Gasteiger partial charge is 0.401 e. The Morgan fingerprint density at radius 1 is 1.00 bits per heavy atom. The third-order valence-electron chi connectivity index (χ3n) is 3.36. The lowest BCUT2D eigenvalue weighted by Crippen LogP contribution is -2.49. The van der Waals surface area contributed by atoms with Crippen molar-refractivity contribution in [1.29, 1.82) is 0 Å². The van der Waals surface area contributed by atoms with Crippen molar-refractivity contribution in [1.82, 2.24) is 9.80 Å². The molecule has 0 unspecified atom stereocenters. The lowest BCUT2D eigenvalue weighted by atomic mass is 10.3. The Hall–Kier alpha value is -0.790. The molecule has 0 N–H and O–H groups in total. The molecule has 1 aliphatic rings. The zero-order chi connectivity index (χ0) is 15.3. The van der Waals surface area contributed by atoms with Crippen LogP contribution in [-0.2, 0) is 0 Å². The molecule has 0 radical (unpaired) electrons. The molecule has 118 valence electrons. The molecule has 2 rings (SSSR count). The predicted molar refractivity (Wildman–Crippen MR) is 78.6 cm³/mol. The van der Waals surface area contributed by atoms with Crippen molar-refractivity contribution >= 4 is 15.9 Å². The molecule has 0 atom stereocenters. The number of rotatable bonds is 5. The van der Waals surface area contributed by atoms with Gasteiger partial charge in [0.1, 0.15) is 12.4 Å². The number of halogens is 4. The van der Waals surface area contributed by atoms with Crippen LogP contribution in [0.25, 0.3) is 0 Å². The van der Waals surface area contributed by atoms with Crippen LogP contribution in [0.3, 0.4) is 0 Å². The summed E-state index contributed by atoms with van der Waals surface area (Å²) in [6, 6.07) is 7.58. The molecule has 1 fully saturated rings. The van der Waals surface area contributed by atoms with E-state index < -0.39 is 12.7 Å². The monoisotopic (exact) mass is 366 g/mol. The molecule has 0 spiro atoms. The Morgan fingerprint density at radius 2 is 1.57 bits per heavy atom. The number of piperazine rings is 1. The van der Waals surface area contributed by atoms with Crippen molar-refractivity contribution in [3.63, 3.8) is 0 Å². The Kier molecular flexibility index (Phi) is 5.89. The van der Waals surface area contributed by atoms with Gasteiger partial charge in [0.2, 0.25) is 0 Å². The van der Waals surface area contributed by atoms with Crippen LogP contribution in [0.15, 0.2) is 28.7 Å². The van der Waals surface area contributed by atoms with E-state index in [1.165, 1.54) is 4.90 Å². The second kappa shape index (κ2) is 7.47. The number of hydrogen-bond acceptors (Lipinski definition) is 3. The highest BCUT2D eigenvalue weighted by Gasteiger charge is 2.31. The van der Waals surface area contributed by atoms with Crippen molar-refractivity contribution in [2.75, 3.05) is 45.9 Å². The second-order valence-electron chi connectivity index (χ2n) is 5.04. The predicted octanol–water partition coefficient (Wildman–Crippen LogP) is 3.01. The number of alkyl halides is 3. The molecule has 0 aliphatic carbocycles. The summed E-state index contributed by atoms with van der Waals surface area (Å²) in [5.74, 6) is 0.800. The lowest BCUT2D eigenvalue weighted by Gasteiger charge is -2.34. The quantitative estimate of drug-likeness (QED) is 0.796. The first kappa shape index (κ1) is 16.6. The minimum Gasteiger partial charge on any atom is -0.492 e. The molecule has 1 aromatic rings. The molecule has 7 heteroatoms. The first-order chi connectivity index (χ1) is 9.92. The highest BCUT2D eigenvalue weighted by atomic mass is 79.9. The van der Waals surface area contributed by atoms with Gasteiger partial charge in [0.15, 0.2) is 0 Å². The molecule has 1 saturated heterocycles. The molecule has 0 saturated carbocycles. The second-order valence-corrected chi connectivity index (χ2v) is 5.95. The van der Waals surface area contributed by atoms with Crippen LogP contribution in [-0.4, -0.2) is 61.9 Å². The fraction of sp³-hybridized carbons (Fsp3) is 0.571. The summed E-state index contributed by atoms with van der Waals surface area (Å²) in [5.41, 5.74) is 0. The van der Waals surface area contributed by atoms with E-state index in [2.05, 4.69) is 20.8 Å². The Morgan fingerprint density at radius 3 is 2.14 bits per heavy atom. The summed E-state index contributed by atoms with van der Waals surface area (Å²) >= 11 is 3.35. The Balaban J connectivity index is 1.64. The Labute approximate surface area is 130 Å². The van der Waals surface area contributed by atoms with Gasteiger partial charge < -0.3 is 4.74 Å². The molecule has 1 aliphatic heterocycles. The fourth-order valence-electron chi connectivity index (χ4n) is 2.25. The van der Waals surface area contributed by atoms with Crippen molar-refractivity contribution in [2.45, 2.75) is 6.18 Å². The normalized spacial score (nSPS) is 17.9. The zero-order valence-electron chi connectivity index (χ0n) is 11.6. The number of ether oxygens (including phenoxy) is 1. The minimum atomic E-state index is -4.10. The third-order valence-corrected chi connectivity index (χ3v) is 3.89. The first-order valence-corrected chi connectivity index (χ1v) is 7.61. The van der Waals surface area contributed by atoms with Crippen LogP contribution in [0.4, 0.5) is 13.2 Å². The van der Waals surface area contributed by atoms with Gasteiger partial charge in [-0.15, -0.1) is 0 Å². The fourth-order valence-corrected chi connectivity index (χ4v) is 2.51. The average Bonchev–Trinajstić information content (AvgIpc) is 2.41. The average molecular weight is 367 g/mol. The Bertz CT molecular complexity index is 431. The lowest BCUT2D eigenvalue weighted by molar-refractivity contribution is -0.149. The summed E-state index contributed by atoms with van der Waals surface area (Å²) in [5, 5.41) is 0. The van der Waals surface area contributed by atoms with Crippen LogP contribution in [0.5, 0.6) is 5.75 Å². The summed E-state index contributed by atoms with van der Waals surface area (Å²) < 4.78 is 43.4. The molecule has 21 heavy (non-hydrogen) atoms. The minimum absolute atomic E-state index is 0.456. The first-order valence-electron chi connectivity index (χ1n) is 6.82. The summed E-state index contributed by atoms with van der Waals surface area (Å²) in [7, 11) is 0. The zero-order valence-corrected chi connectivity index (χ0v) is 13.2. The van der Waals surface area contributed by atoms with Gasteiger partial charge in [-0.05, 0) is 24.3 Å². The van der Waals surface area contributed by atoms with Crippen molar-refractivity contribution < 1.29 is 17.9 Å². The van der Waals surface area contributed by atoms with E-state index in [0.29, 0.717) is 32.8 Å². The topological polar surface area (TPSA) is 15.7 Å². The van der Waals surface area contributed by atoms with Gasteiger partial charge in [-0.3, -0.25) is 9.80 Å². The maximum Gasteiger partial charge on any atom is 0.401 e. The van der Waals surface area contributed by atoms with Crippen molar-refractivity contribution in [3.05, 3.63) is 28.7 Å². The highest BCUT2D eigenvalue weighted by molar-refractivity contribution is 9.10. The molecule has 1 heterocycles. The van der Waals surface area contributed by atoms with Crippen LogP contribution >= 0.6 is 15.9 Å². The van der Waals surface area contributed by atoms with E-state index in [-0.39, 0.29) is 0 Å². The maximum atomic E-state index is 12.3. The van der Waals surface area contributed by atoms with E-state index in [1.807, 2.05) is 24.3 Å². The SMILES string of the molecule is FC(F)(F)CN1CCN(CCOc2ccc(Br)cc2)CC1. The number of nitrogens with zero attached hydrogens (tertiary/aromatic N) is 2. The van der Waals surface area contributed by atoms with Gasteiger partial charge in [0.05, 0.1) is 6.54 Å². The summed E-state index contributed by atoms with van der Waals surface area (Å²) in [6.45, 7) is 2.68. The van der Waals surface area contributed by atoms with Crippen molar-refractivity contribution in [3.8, 4) is 5.75 Å². The molecule has 0 bridgehead atoms. The molecular weight excluding hydrogens is 349 g/mol. The van der Waals surface area contributed by atoms with Gasteiger partial charge in [-0.25, -0.2) is 0 Å². The standard InChI is InChI=1S/C14H18BrF3N2O/c15-12-1-3-13(4-2-12)21-10-9-19-5-7-20(8-6-19)11-14(16,17)18/h1-4H,5-11H2. The summed E-state index contributed by atoms with van der Waals surface area (Å²) in [4.78, 5) is 3.58. The van der Waals surface area contributed by atoms with Gasteiger partial charge in [-0.1, -0.05) is 15.9 Å². The van der Waals surface area contributed by atoms with Crippen molar-refractivity contribution in [2.24, 2.45) is 0 Å². The largest absolute Gasteiger partial charge is 0.492 e. The van der Waals surface area contributed by atoms with E-state index in [9.17, 15) is 13.2 Å². The molecular formula is C14H18BrF3N2O. The van der Waals surface area contributed by atoms with Crippen LogP contribution in [0.1, 0.15) is 0 Å². The number of hydrogen-bond donors (Lipinski definition) is 0. The molecule has 0 aromatic heterocycles. The highest BCUT2D eigenvalue weighted by Crippen LogP contribution is 2.18. The van der Waals surface area contributed by atoms with Gasteiger partial charge in [0.25, 0.3) is 0 Å². The van der Waals surface area contributed by atoms with E-state index in [1.54, 1.807) is 0 Å². The van der Waals surface area contributed by atoms with E-state index in [4.69, 9.17) is 4.74 Å². The summed E-state index contributed by atoms with van der Waals surface area (Å²) in [6.07, 6.45) is -4.10. The van der Waals surface area contributed by atoms with Crippen LogP contribution in [0.2, 0.25) is 0 Å². The van der Waals surface area contributed by atoms with Crippen LogP contribution < -0.4 is 4.74 Å². The van der Waals surface area contributed by atoms with Gasteiger partial charge >= 0.3 is 6.18 Å². The molecule has 0 amide bonds. The van der Waals surface area contributed by atoms with Gasteiger partial charge in [-0.2, -0.15) is 13.2 Å².